The SMILES string of the molecule is C=CCP(CC=C)CC=C.Cl.Cl.Cl. The molecule has 0 aromatic carbocycles. The minimum Gasteiger partial charge on any atom is -0.147 e. The standard InChI is InChI=1S/C9H15P.3ClH/c1-4-7-10(8-5-2)9-6-3;;;/h4-6H,1-3,7-9H2;3*1H. The molecule has 0 amide bonds. The van der Waals surface area contributed by atoms with Gasteiger partial charge in [-0.1, -0.05) is 26.1 Å². The number of hydrogen-bond acceptors (Lipinski definition) is 0. The van der Waals surface area contributed by atoms with E-state index in [9.17, 15) is 0 Å². The Bertz CT molecular complexity index is 102. The van der Waals surface area contributed by atoms with Crippen LogP contribution in [0.15, 0.2) is 38.0 Å². The first-order valence-electron chi connectivity index (χ1n) is 3.40. The molecule has 0 aromatic heterocycles. The molecular formula is C9H18Cl3P. The Hall–Kier alpha value is 0.520. The molecule has 13 heavy (non-hydrogen) atoms. The van der Waals surface area contributed by atoms with Crippen LogP contribution in [0, 0.1) is 0 Å². The summed E-state index contributed by atoms with van der Waals surface area (Å²) in [5.41, 5.74) is 0. The van der Waals surface area contributed by atoms with Gasteiger partial charge < -0.3 is 0 Å². The van der Waals surface area contributed by atoms with Gasteiger partial charge in [-0.05, 0) is 18.5 Å². The number of allylic oxidation sites excluding steroid dienone is 3. The van der Waals surface area contributed by atoms with Crippen molar-refractivity contribution in [1.82, 2.24) is 0 Å². The maximum absolute atomic E-state index is 3.71. The Balaban J connectivity index is -0.000000135. The number of halogens is 3. The number of hydrogen-bond donors (Lipinski definition) is 0. The van der Waals surface area contributed by atoms with Gasteiger partial charge in [0.15, 0.2) is 0 Å². The van der Waals surface area contributed by atoms with E-state index in [1.54, 1.807) is 0 Å². The molecule has 0 atom stereocenters. The Kier molecular flexibility index (Phi) is 33.0. The normalized spacial score (nSPS) is 7.15. The third kappa shape index (κ3) is 15.3. The van der Waals surface area contributed by atoms with E-state index in [0.29, 0.717) is 0 Å². The van der Waals surface area contributed by atoms with E-state index in [0.717, 1.165) is 18.5 Å². The van der Waals surface area contributed by atoms with E-state index in [2.05, 4.69) is 19.7 Å². The highest BCUT2D eigenvalue weighted by atomic mass is 35.5. The summed E-state index contributed by atoms with van der Waals surface area (Å²) >= 11 is 0. The Morgan fingerprint density at radius 3 is 1.08 bits per heavy atom. The molecule has 0 aliphatic heterocycles. The average Bonchev–Trinajstić information content (AvgIpc) is 1.90. The summed E-state index contributed by atoms with van der Waals surface area (Å²) in [6, 6.07) is 0. The first-order chi connectivity index (χ1) is 4.85. The summed E-state index contributed by atoms with van der Waals surface area (Å²) in [5.74, 6) is 0. The summed E-state index contributed by atoms with van der Waals surface area (Å²) in [5, 5.41) is 0. The zero-order chi connectivity index (χ0) is 7.82. The second kappa shape index (κ2) is 18.3. The van der Waals surface area contributed by atoms with Crippen molar-refractivity contribution in [3.8, 4) is 0 Å². The molecule has 4 heteroatoms. The monoisotopic (exact) mass is 262 g/mol. The van der Waals surface area contributed by atoms with Crippen molar-refractivity contribution >= 4 is 45.1 Å². The van der Waals surface area contributed by atoms with Crippen LogP contribution >= 0.6 is 45.1 Å². The van der Waals surface area contributed by atoms with Crippen LogP contribution < -0.4 is 0 Å². The molecule has 0 saturated heterocycles. The van der Waals surface area contributed by atoms with Crippen LogP contribution in [0.4, 0.5) is 0 Å². The molecule has 0 aliphatic carbocycles. The summed E-state index contributed by atoms with van der Waals surface area (Å²) in [4.78, 5) is 0. The second-order valence-corrected chi connectivity index (χ2v) is 4.52. The number of rotatable bonds is 6. The van der Waals surface area contributed by atoms with E-state index >= 15 is 0 Å². The summed E-state index contributed by atoms with van der Waals surface area (Å²) < 4.78 is 0. The highest BCUT2D eigenvalue weighted by Gasteiger charge is 1.98. The molecule has 0 aliphatic rings. The van der Waals surface area contributed by atoms with Crippen molar-refractivity contribution in [3.05, 3.63) is 38.0 Å². The smallest absolute Gasteiger partial charge is 0.0142 e. The van der Waals surface area contributed by atoms with Crippen molar-refractivity contribution in [2.24, 2.45) is 0 Å². The fourth-order valence-corrected chi connectivity index (χ4v) is 2.31. The van der Waals surface area contributed by atoms with Gasteiger partial charge in [0, 0.05) is 0 Å². The van der Waals surface area contributed by atoms with Gasteiger partial charge in [-0.2, -0.15) is 0 Å². The molecule has 0 unspecified atom stereocenters. The van der Waals surface area contributed by atoms with Crippen LogP contribution in [0.1, 0.15) is 0 Å². The highest BCUT2D eigenvalue weighted by Crippen LogP contribution is 2.34. The molecule has 0 fully saturated rings. The highest BCUT2D eigenvalue weighted by molar-refractivity contribution is 7.58. The third-order valence-corrected chi connectivity index (χ3v) is 3.49. The average molecular weight is 264 g/mol. The van der Waals surface area contributed by atoms with Gasteiger partial charge in [0.25, 0.3) is 0 Å². The largest absolute Gasteiger partial charge is 0.147 e. The maximum Gasteiger partial charge on any atom is -0.0142 e. The van der Waals surface area contributed by atoms with Crippen molar-refractivity contribution < 1.29 is 0 Å². The molecule has 0 aromatic rings. The van der Waals surface area contributed by atoms with E-state index in [4.69, 9.17) is 0 Å². The summed E-state index contributed by atoms with van der Waals surface area (Å²) in [6.07, 6.45) is 9.35. The van der Waals surface area contributed by atoms with Crippen molar-refractivity contribution in [3.63, 3.8) is 0 Å². The van der Waals surface area contributed by atoms with Gasteiger partial charge in [-0.15, -0.1) is 57.0 Å². The fourth-order valence-electron chi connectivity index (χ4n) is 0.771. The van der Waals surface area contributed by atoms with Crippen LogP contribution in [0.3, 0.4) is 0 Å². The van der Waals surface area contributed by atoms with Crippen molar-refractivity contribution in [1.29, 1.82) is 0 Å². The summed E-state index contributed by atoms with van der Waals surface area (Å²) in [6.45, 7) is 11.1. The molecule has 80 valence electrons. The molecule has 0 spiro atoms. The van der Waals surface area contributed by atoms with Crippen LogP contribution in [-0.4, -0.2) is 18.5 Å². The maximum atomic E-state index is 3.71. The van der Waals surface area contributed by atoms with Gasteiger partial charge in [0.1, 0.15) is 0 Å². The quantitative estimate of drug-likeness (QED) is 0.495. The lowest BCUT2D eigenvalue weighted by Gasteiger charge is -2.09. The predicted molar refractivity (Wildman–Crippen MR) is 73.9 cm³/mol. The van der Waals surface area contributed by atoms with E-state index in [-0.39, 0.29) is 45.1 Å². The van der Waals surface area contributed by atoms with Crippen LogP contribution in [0.25, 0.3) is 0 Å². The minimum atomic E-state index is 0. The van der Waals surface area contributed by atoms with Crippen molar-refractivity contribution in [2.75, 3.05) is 18.5 Å². The molecule has 0 rings (SSSR count). The second-order valence-electron chi connectivity index (χ2n) is 2.08. The fraction of sp³-hybridized carbons (Fsp3) is 0.333. The van der Waals surface area contributed by atoms with E-state index in [1.165, 1.54) is 0 Å². The van der Waals surface area contributed by atoms with Gasteiger partial charge in [-0.25, -0.2) is 0 Å². The van der Waals surface area contributed by atoms with Gasteiger partial charge in [0.05, 0.1) is 0 Å². The lowest BCUT2D eigenvalue weighted by Crippen LogP contribution is -1.87. The predicted octanol–water partition coefficient (Wildman–Crippen LogP) is 4.29. The molecule has 0 saturated carbocycles. The molecule has 0 radical (unpaired) electrons. The topological polar surface area (TPSA) is 0 Å². The first-order valence-corrected chi connectivity index (χ1v) is 5.30. The van der Waals surface area contributed by atoms with Crippen LogP contribution in [0.2, 0.25) is 0 Å². The van der Waals surface area contributed by atoms with Crippen LogP contribution in [0.5, 0.6) is 0 Å². The molecule has 0 nitrogen and oxygen atoms in total. The van der Waals surface area contributed by atoms with E-state index < -0.39 is 0 Å². The van der Waals surface area contributed by atoms with Gasteiger partial charge in [0.2, 0.25) is 0 Å². The zero-order valence-electron chi connectivity index (χ0n) is 7.65. The Morgan fingerprint density at radius 2 is 0.923 bits per heavy atom. The van der Waals surface area contributed by atoms with Gasteiger partial charge in [-0.3, -0.25) is 0 Å². The molecule has 0 heterocycles. The summed E-state index contributed by atoms with van der Waals surface area (Å²) in [7, 11) is 0.0849. The molecular weight excluding hydrogens is 245 g/mol. The van der Waals surface area contributed by atoms with Crippen LogP contribution in [-0.2, 0) is 0 Å². The lowest BCUT2D eigenvalue weighted by atomic mass is 10.7. The zero-order valence-corrected chi connectivity index (χ0v) is 11.0. The van der Waals surface area contributed by atoms with Gasteiger partial charge >= 0.3 is 0 Å². The third-order valence-electron chi connectivity index (χ3n) is 1.16. The minimum absolute atomic E-state index is 0. The lowest BCUT2D eigenvalue weighted by molar-refractivity contribution is 1.59. The molecule has 0 N–H and O–H groups in total. The Labute approximate surface area is 102 Å². The Morgan fingerprint density at radius 1 is 0.692 bits per heavy atom. The van der Waals surface area contributed by atoms with E-state index in [1.807, 2.05) is 18.2 Å². The first kappa shape index (κ1) is 23.4. The van der Waals surface area contributed by atoms with Crippen molar-refractivity contribution in [2.45, 2.75) is 0 Å². The molecule has 0 bridgehead atoms.